The van der Waals surface area contributed by atoms with Crippen LogP contribution in [0, 0.1) is 0 Å². The zero-order valence-corrected chi connectivity index (χ0v) is 21.1. The van der Waals surface area contributed by atoms with Crippen molar-refractivity contribution in [3.63, 3.8) is 0 Å². The van der Waals surface area contributed by atoms with E-state index < -0.39 is 0 Å². The molecule has 0 saturated carbocycles. The van der Waals surface area contributed by atoms with Gasteiger partial charge in [-0.05, 0) is 54.3 Å². The van der Waals surface area contributed by atoms with Crippen molar-refractivity contribution in [3.8, 4) is 5.75 Å². The first-order chi connectivity index (χ1) is 18.0. The lowest BCUT2D eigenvalue weighted by molar-refractivity contribution is -0.120. The highest BCUT2D eigenvalue weighted by molar-refractivity contribution is 5.88. The number of anilines is 1. The second-order valence-electron chi connectivity index (χ2n) is 9.65. The van der Waals surface area contributed by atoms with Gasteiger partial charge in [0.15, 0.2) is 0 Å². The Labute approximate surface area is 216 Å². The van der Waals surface area contributed by atoms with Crippen LogP contribution in [-0.4, -0.2) is 43.0 Å². The molecule has 0 aliphatic carbocycles. The molecule has 0 spiro atoms. The van der Waals surface area contributed by atoms with Gasteiger partial charge in [0.25, 0.3) is 0 Å². The summed E-state index contributed by atoms with van der Waals surface area (Å²) >= 11 is 0. The molecular weight excluding hydrogens is 464 g/mol. The van der Waals surface area contributed by atoms with Crippen LogP contribution in [0.1, 0.15) is 41.9 Å². The Balaban J connectivity index is 1.37. The fourth-order valence-corrected chi connectivity index (χ4v) is 5.44. The summed E-state index contributed by atoms with van der Waals surface area (Å²) in [6.07, 6.45) is 2.61. The molecule has 0 unspecified atom stereocenters. The van der Waals surface area contributed by atoms with E-state index in [2.05, 4.69) is 27.3 Å². The number of carbonyl (C=O) groups excluding carboxylic acids is 2. The van der Waals surface area contributed by atoms with Gasteiger partial charge >= 0.3 is 0 Å². The Hall–Kier alpha value is -4.26. The third kappa shape index (κ3) is 4.89. The van der Waals surface area contributed by atoms with Crippen molar-refractivity contribution in [1.29, 1.82) is 0 Å². The number of aromatic amines is 1. The first kappa shape index (κ1) is 24.4. The number of nitrogens with one attached hydrogen (secondary N) is 2. The lowest BCUT2D eigenvalue weighted by Crippen LogP contribution is -2.47. The van der Waals surface area contributed by atoms with Crippen LogP contribution in [0.15, 0.2) is 79.0 Å². The number of methoxy groups -OCH3 is 1. The number of hydrogen-bond donors (Lipinski definition) is 3. The van der Waals surface area contributed by atoms with Gasteiger partial charge in [-0.25, -0.2) is 0 Å². The predicted molar refractivity (Wildman–Crippen MR) is 146 cm³/mol. The average molecular weight is 497 g/mol. The van der Waals surface area contributed by atoms with Gasteiger partial charge in [0, 0.05) is 41.3 Å². The number of fused-ring (bicyclic) bond motifs is 2. The second-order valence-corrected chi connectivity index (χ2v) is 9.65. The number of ether oxygens (including phenoxy) is 1. The summed E-state index contributed by atoms with van der Waals surface area (Å²) in [5.74, 6) is 0.00243. The van der Waals surface area contributed by atoms with E-state index in [1.165, 1.54) is 0 Å². The summed E-state index contributed by atoms with van der Waals surface area (Å²) in [5.41, 5.74) is 10.7. The molecule has 1 aliphatic rings. The minimum atomic E-state index is -0.341. The van der Waals surface area contributed by atoms with Crippen molar-refractivity contribution in [2.75, 3.05) is 25.1 Å². The van der Waals surface area contributed by atoms with Crippen LogP contribution in [0.3, 0.4) is 0 Å². The number of para-hydroxylation sites is 2. The molecule has 37 heavy (non-hydrogen) atoms. The predicted octanol–water partition coefficient (Wildman–Crippen LogP) is 4.29. The number of nitrogens with two attached hydrogens (primary N) is 1. The van der Waals surface area contributed by atoms with Gasteiger partial charge in [-0.3, -0.25) is 9.59 Å². The molecule has 2 amide bonds. The van der Waals surface area contributed by atoms with E-state index in [-0.39, 0.29) is 36.2 Å². The fourth-order valence-electron chi connectivity index (χ4n) is 5.44. The normalized spacial score (nSPS) is 17.7. The molecule has 7 nitrogen and oxygen atoms in total. The molecule has 2 heterocycles. The van der Waals surface area contributed by atoms with Crippen LogP contribution in [0.4, 0.5) is 5.69 Å². The Morgan fingerprint density at radius 1 is 1.08 bits per heavy atom. The van der Waals surface area contributed by atoms with E-state index >= 15 is 0 Å². The molecule has 1 aromatic heterocycles. The van der Waals surface area contributed by atoms with E-state index in [1.807, 2.05) is 73.8 Å². The van der Waals surface area contributed by atoms with Crippen molar-refractivity contribution >= 4 is 28.4 Å². The van der Waals surface area contributed by atoms with Gasteiger partial charge in [0.05, 0.1) is 19.6 Å². The summed E-state index contributed by atoms with van der Waals surface area (Å²) < 4.78 is 5.34. The summed E-state index contributed by atoms with van der Waals surface area (Å²) in [6, 6.07) is 23.9. The van der Waals surface area contributed by atoms with E-state index in [0.717, 1.165) is 39.0 Å². The Morgan fingerprint density at radius 2 is 1.81 bits per heavy atom. The highest BCUT2D eigenvalue weighted by Crippen LogP contribution is 2.38. The van der Waals surface area contributed by atoms with E-state index in [0.29, 0.717) is 13.0 Å². The first-order valence-electron chi connectivity index (χ1n) is 12.6. The van der Waals surface area contributed by atoms with Crippen molar-refractivity contribution in [2.45, 2.75) is 31.2 Å². The Bertz CT molecular complexity index is 1410. The zero-order chi connectivity index (χ0) is 25.9. The van der Waals surface area contributed by atoms with E-state index in [9.17, 15) is 9.59 Å². The zero-order valence-electron chi connectivity index (χ0n) is 21.1. The molecular formula is C30H32N4O3. The lowest BCUT2D eigenvalue weighted by atomic mass is 9.85. The highest BCUT2D eigenvalue weighted by Gasteiger charge is 2.33. The van der Waals surface area contributed by atoms with Crippen LogP contribution < -0.4 is 20.7 Å². The smallest absolute Gasteiger partial charge is 0.239 e. The molecule has 190 valence electrons. The molecule has 0 saturated heterocycles. The van der Waals surface area contributed by atoms with Gasteiger partial charge in [0.1, 0.15) is 5.75 Å². The molecule has 0 radical (unpaired) electrons. The topological polar surface area (TPSA) is 100 Å². The van der Waals surface area contributed by atoms with Crippen LogP contribution in [0.25, 0.3) is 10.9 Å². The molecule has 4 aromatic rings. The maximum Gasteiger partial charge on any atom is 0.239 e. The average Bonchev–Trinajstić information content (AvgIpc) is 3.34. The summed E-state index contributed by atoms with van der Waals surface area (Å²) in [4.78, 5) is 30.8. The lowest BCUT2D eigenvalue weighted by Gasteiger charge is -2.39. The maximum atomic E-state index is 13.3. The Kier molecular flexibility index (Phi) is 6.86. The van der Waals surface area contributed by atoms with Crippen molar-refractivity contribution in [1.82, 2.24) is 10.3 Å². The number of nitrogens with zero attached hydrogens (tertiary/aromatic N) is 1. The fraction of sp³-hybridized carbons (Fsp3) is 0.267. The largest absolute Gasteiger partial charge is 0.497 e. The monoisotopic (exact) mass is 496 g/mol. The quantitative estimate of drug-likeness (QED) is 0.339. The van der Waals surface area contributed by atoms with Crippen LogP contribution >= 0.6 is 0 Å². The minimum Gasteiger partial charge on any atom is -0.497 e. The van der Waals surface area contributed by atoms with Gasteiger partial charge in [-0.2, -0.15) is 0 Å². The van der Waals surface area contributed by atoms with Gasteiger partial charge in [-0.1, -0.05) is 48.5 Å². The van der Waals surface area contributed by atoms with Crippen LogP contribution in [-0.2, 0) is 9.59 Å². The van der Waals surface area contributed by atoms with Crippen molar-refractivity contribution in [2.24, 2.45) is 5.73 Å². The van der Waals surface area contributed by atoms with Crippen molar-refractivity contribution < 1.29 is 14.3 Å². The minimum absolute atomic E-state index is 0.00384. The molecule has 7 heteroatoms. The molecule has 3 aromatic carbocycles. The van der Waals surface area contributed by atoms with Crippen LogP contribution in [0.5, 0.6) is 5.75 Å². The van der Waals surface area contributed by atoms with E-state index in [1.54, 1.807) is 7.11 Å². The number of amides is 2. The number of H-pyrrole nitrogens is 1. The van der Waals surface area contributed by atoms with Gasteiger partial charge < -0.3 is 25.7 Å². The van der Waals surface area contributed by atoms with Crippen molar-refractivity contribution in [3.05, 3.63) is 95.7 Å². The molecule has 1 aliphatic heterocycles. The molecule has 0 bridgehead atoms. The molecule has 4 N–H and O–H groups in total. The second kappa shape index (κ2) is 10.4. The third-order valence-electron chi connectivity index (χ3n) is 7.41. The molecule has 3 atom stereocenters. The van der Waals surface area contributed by atoms with Gasteiger partial charge in [-0.15, -0.1) is 0 Å². The third-order valence-corrected chi connectivity index (χ3v) is 7.41. The Morgan fingerprint density at radius 3 is 2.57 bits per heavy atom. The molecule has 5 rings (SSSR count). The first-order valence-corrected chi connectivity index (χ1v) is 12.6. The van der Waals surface area contributed by atoms with E-state index in [4.69, 9.17) is 10.5 Å². The molecule has 0 fully saturated rings. The SMILES string of the molecule is COc1ccc([C@H](CNC(=O)CN2c3ccccc3[C@H](C(N)=O)C[C@H]2C)c2c[nH]c3ccccc23)cc1. The summed E-state index contributed by atoms with van der Waals surface area (Å²) in [7, 11) is 1.65. The summed E-state index contributed by atoms with van der Waals surface area (Å²) in [6.45, 7) is 2.68. The number of hydrogen-bond acceptors (Lipinski definition) is 4. The number of benzene rings is 3. The highest BCUT2D eigenvalue weighted by atomic mass is 16.5. The van der Waals surface area contributed by atoms with Gasteiger partial charge in [0.2, 0.25) is 11.8 Å². The number of rotatable bonds is 8. The summed E-state index contributed by atoms with van der Waals surface area (Å²) in [5, 5.41) is 4.31. The number of carbonyl (C=O) groups is 2. The number of aromatic nitrogens is 1. The standard InChI is InChI=1S/C30H32N4O3/c1-19-15-24(30(31)36)23-8-4-6-10-28(23)34(19)18-29(35)33-16-25(20-11-13-21(37-2)14-12-20)26-17-32-27-9-5-3-7-22(26)27/h3-14,17,19,24-25,32H,15-16,18H2,1-2H3,(H2,31,36)(H,33,35)/t19-,24-,25+/m1/s1. The maximum absolute atomic E-state index is 13.3. The van der Waals surface area contributed by atoms with Crippen LogP contribution in [0.2, 0.25) is 0 Å². The number of primary amides is 1.